The molecule has 0 bridgehead atoms. The van der Waals surface area contributed by atoms with Gasteiger partial charge in [-0.2, -0.15) is 0 Å². The molecule has 2 atom stereocenters. The summed E-state index contributed by atoms with van der Waals surface area (Å²) < 4.78 is 17.3. The van der Waals surface area contributed by atoms with Gasteiger partial charge < -0.3 is 23.8 Å². The Balaban J connectivity index is 4.25. The first-order chi connectivity index (χ1) is 27.6. The van der Waals surface area contributed by atoms with Crippen LogP contribution in [-0.2, 0) is 28.6 Å². The molecule has 8 heteroatoms. The number of carboxylic acid groups (broad SMARTS) is 1. The SMILES string of the molecule is CCCCCCCC/C=C\CCCCCCCC(=O)OC(COCCC(C(=O)O)[N+](C)(C)C)COC(=O)CCCCCCCCCCCCCCCCCCCC. The number of aliphatic carboxylic acids is 1. The molecule has 57 heavy (non-hydrogen) atoms. The molecule has 0 aromatic carbocycles. The van der Waals surface area contributed by atoms with Crippen LogP contribution >= 0.6 is 0 Å². The number of quaternary nitrogens is 1. The number of unbranched alkanes of at least 4 members (excludes halogenated alkanes) is 28. The standard InChI is InChI=1S/C49H93NO7/c1-6-8-10-12-14-16-18-20-22-23-24-26-27-29-31-33-35-37-39-47(51)56-44-45(43-55-42-41-46(49(53)54)50(3,4)5)57-48(52)40-38-36-34-32-30-28-25-21-19-17-15-13-11-9-7-2/h21,25,45-46H,6-20,22-24,26-44H2,1-5H3/p+1/b25-21-. The third-order valence-corrected chi connectivity index (χ3v) is 11.2. The van der Waals surface area contributed by atoms with E-state index in [0.717, 1.165) is 51.4 Å². The van der Waals surface area contributed by atoms with Gasteiger partial charge >= 0.3 is 17.9 Å². The Morgan fingerprint density at radius 1 is 0.509 bits per heavy atom. The van der Waals surface area contributed by atoms with Crippen LogP contribution in [0.25, 0.3) is 0 Å². The van der Waals surface area contributed by atoms with Crippen LogP contribution in [-0.4, -0.2) is 80.6 Å². The molecular formula is C49H94NO7+. The third-order valence-electron chi connectivity index (χ3n) is 11.2. The van der Waals surface area contributed by atoms with Crippen molar-refractivity contribution in [1.29, 1.82) is 0 Å². The topological polar surface area (TPSA) is 99.1 Å². The zero-order valence-electron chi connectivity index (χ0n) is 38.3. The second-order valence-corrected chi connectivity index (χ2v) is 17.7. The summed E-state index contributed by atoms with van der Waals surface area (Å²) in [5, 5.41) is 9.63. The lowest BCUT2D eigenvalue weighted by molar-refractivity contribution is -0.887. The van der Waals surface area contributed by atoms with E-state index in [1.807, 2.05) is 21.1 Å². The Morgan fingerprint density at radius 2 is 0.877 bits per heavy atom. The van der Waals surface area contributed by atoms with E-state index in [9.17, 15) is 19.5 Å². The molecule has 0 aliphatic rings. The van der Waals surface area contributed by atoms with Gasteiger partial charge in [-0.05, 0) is 38.5 Å². The highest BCUT2D eigenvalue weighted by atomic mass is 16.6. The fourth-order valence-corrected chi connectivity index (χ4v) is 7.38. The van der Waals surface area contributed by atoms with E-state index in [2.05, 4.69) is 26.0 Å². The number of hydrogen-bond donors (Lipinski definition) is 1. The van der Waals surface area contributed by atoms with Gasteiger partial charge in [0.15, 0.2) is 12.1 Å². The predicted molar refractivity (Wildman–Crippen MR) is 239 cm³/mol. The van der Waals surface area contributed by atoms with Gasteiger partial charge in [0.1, 0.15) is 6.61 Å². The lowest BCUT2D eigenvalue weighted by Crippen LogP contribution is -2.50. The minimum atomic E-state index is -0.873. The highest BCUT2D eigenvalue weighted by Crippen LogP contribution is 2.16. The van der Waals surface area contributed by atoms with Gasteiger partial charge in [-0.25, -0.2) is 4.79 Å². The van der Waals surface area contributed by atoms with Crippen molar-refractivity contribution in [3.63, 3.8) is 0 Å². The van der Waals surface area contributed by atoms with Crippen molar-refractivity contribution in [2.45, 2.75) is 244 Å². The molecule has 2 unspecified atom stereocenters. The van der Waals surface area contributed by atoms with Crippen LogP contribution in [0.2, 0.25) is 0 Å². The van der Waals surface area contributed by atoms with E-state index in [1.165, 1.54) is 148 Å². The molecule has 0 saturated carbocycles. The van der Waals surface area contributed by atoms with Crippen LogP contribution in [0, 0.1) is 0 Å². The van der Waals surface area contributed by atoms with E-state index < -0.39 is 18.1 Å². The van der Waals surface area contributed by atoms with E-state index in [1.54, 1.807) is 0 Å². The quantitative estimate of drug-likeness (QED) is 0.0283. The van der Waals surface area contributed by atoms with Crippen molar-refractivity contribution < 1.29 is 38.2 Å². The average Bonchev–Trinajstić information content (AvgIpc) is 3.17. The Labute approximate surface area is 352 Å². The predicted octanol–water partition coefficient (Wildman–Crippen LogP) is 13.5. The second kappa shape index (κ2) is 40.8. The van der Waals surface area contributed by atoms with Crippen molar-refractivity contribution >= 4 is 17.9 Å². The van der Waals surface area contributed by atoms with E-state index in [0.29, 0.717) is 19.3 Å². The van der Waals surface area contributed by atoms with E-state index in [4.69, 9.17) is 14.2 Å². The number of carboxylic acids is 1. The molecule has 8 nitrogen and oxygen atoms in total. The summed E-state index contributed by atoms with van der Waals surface area (Å²) in [7, 11) is 5.54. The number of likely N-dealkylation sites (N-methyl/N-ethyl adjacent to an activating group) is 1. The number of allylic oxidation sites excluding steroid dienone is 2. The highest BCUT2D eigenvalue weighted by Gasteiger charge is 2.31. The van der Waals surface area contributed by atoms with Crippen LogP contribution in [0.5, 0.6) is 0 Å². The number of hydrogen-bond acceptors (Lipinski definition) is 6. The molecular weight excluding hydrogens is 715 g/mol. The smallest absolute Gasteiger partial charge is 0.362 e. The van der Waals surface area contributed by atoms with Gasteiger partial charge in [-0.1, -0.05) is 187 Å². The molecule has 336 valence electrons. The maximum absolute atomic E-state index is 12.7. The summed E-state index contributed by atoms with van der Waals surface area (Å²) in [5.74, 6) is -1.46. The molecule has 0 radical (unpaired) electrons. The Hall–Kier alpha value is -1.93. The molecule has 0 fully saturated rings. The minimum Gasteiger partial charge on any atom is -0.477 e. The molecule has 0 aliphatic heterocycles. The molecule has 0 saturated heterocycles. The number of carbonyl (C=O) groups excluding carboxylic acids is 2. The van der Waals surface area contributed by atoms with Gasteiger partial charge in [0.2, 0.25) is 0 Å². The maximum atomic E-state index is 12.7. The molecule has 0 aliphatic carbocycles. The largest absolute Gasteiger partial charge is 0.477 e. The van der Waals surface area contributed by atoms with Crippen LogP contribution in [0.4, 0.5) is 0 Å². The summed E-state index contributed by atoms with van der Waals surface area (Å²) in [6.45, 7) is 4.76. The van der Waals surface area contributed by atoms with Gasteiger partial charge in [-0.3, -0.25) is 9.59 Å². The summed E-state index contributed by atoms with van der Waals surface area (Å²) in [5.41, 5.74) is 0. The summed E-state index contributed by atoms with van der Waals surface area (Å²) in [6, 6.07) is -0.612. The van der Waals surface area contributed by atoms with E-state index in [-0.39, 0.29) is 36.2 Å². The van der Waals surface area contributed by atoms with Crippen LogP contribution in [0.15, 0.2) is 12.2 Å². The summed E-state index contributed by atoms with van der Waals surface area (Å²) in [4.78, 5) is 37.0. The fraction of sp³-hybridized carbons (Fsp3) is 0.898. The molecule has 0 amide bonds. The zero-order chi connectivity index (χ0) is 42.1. The number of carbonyl (C=O) groups is 3. The zero-order valence-corrected chi connectivity index (χ0v) is 38.3. The van der Waals surface area contributed by atoms with Crippen LogP contribution in [0.1, 0.15) is 232 Å². The fourth-order valence-electron chi connectivity index (χ4n) is 7.38. The van der Waals surface area contributed by atoms with E-state index >= 15 is 0 Å². The molecule has 0 spiro atoms. The number of rotatable bonds is 44. The van der Waals surface area contributed by atoms with Gasteiger partial charge in [-0.15, -0.1) is 0 Å². The molecule has 0 heterocycles. The lowest BCUT2D eigenvalue weighted by Gasteiger charge is -2.31. The van der Waals surface area contributed by atoms with Crippen molar-refractivity contribution in [3.05, 3.63) is 12.2 Å². The molecule has 0 aromatic heterocycles. The van der Waals surface area contributed by atoms with Gasteiger partial charge in [0, 0.05) is 19.3 Å². The van der Waals surface area contributed by atoms with Crippen molar-refractivity contribution in [1.82, 2.24) is 0 Å². The van der Waals surface area contributed by atoms with Gasteiger partial charge in [0.25, 0.3) is 0 Å². The highest BCUT2D eigenvalue weighted by molar-refractivity contribution is 5.72. The Bertz CT molecular complexity index is 947. The third kappa shape index (κ3) is 39.3. The monoisotopic (exact) mass is 809 g/mol. The van der Waals surface area contributed by atoms with Gasteiger partial charge in [0.05, 0.1) is 34.4 Å². The number of ether oxygens (including phenoxy) is 3. The normalized spacial score (nSPS) is 12.9. The summed E-state index contributed by atoms with van der Waals surface area (Å²) in [6.07, 6.45) is 43.9. The minimum absolute atomic E-state index is 0.0479. The first-order valence-corrected chi connectivity index (χ1v) is 24.2. The first kappa shape index (κ1) is 55.1. The van der Waals surface area contributed by atoms with Crippen molar-refractivity contribution in [2.75, 3.05) is 41.0 Å². The molecule has 0 rings (SSSR count). The first-order valence-electron chi connectivity index (χ1n) is 24.2. The average molecular weight is 809 g/mol. The number of nitrogens with zero attached hydrogens (tertiary/aromatic N) is 1. The van der Waals surface area contributed by atoms with Crippen molar-refractivity contribution in [3.8, 4) is 0 Å². The maximum Gasteiger partial charge on any atom is 0.362 e. The lowest BCUT2D eigenvalue weighted by atomic mass is 10.0. The Kier molecular flexibility index (Phi) is 39.4. The summed E-state index contributed by atoms with van der Waals surface area (Å²) >= 11 is 0. The number of esters is 2. The molecule has 1 N–H and O–H groups in total. The Morgan fingerprint density at radius 3 is 1.26 bits per heavy atom. The van der Waals surface area contributed by atoms with Crippen LogP contribution < -0.4 is 0 Å². The molecule has 0 aromatic rings. The van der Waals surface area contributed by atoms with Crippen molar-refractivity contribution in [2.24, 2.45) is 0 Å². The second-order valence-electron chi connectivity index (χ2n) is 17.7. The van der Waals surface area contributed by atoms with Crippen LogP contribution in [0.3, 0.4) is 0 Å².